The highest BCUT2D eigenvalue weighted by Crippen LogP contribution is 2.11. The number of primary amides is 1. The molecule has 0 bridgehead atoms. The summed E-state index contributed by atoms with van der Waals surface area (Å²) in [6.45, 7) is 1.33. The number of rotatable bonds is 17. The lowest BCUT2D eigenvalue weighted by molar-refractivity contribution is -0.143. The Hall–Kier alpha value is -4.44. The van der Waals surface area contributed by atoms with Crippen molar-refractivity contribution in [1.82, 2.24) is 16.0 Å². The first kappa shape index (κ1) is 33.6. The van der Waals surface area contributed by atoms with Crippen LogP contribution in [0, 0.1) is 0 Å². The minimum absolute atomic E-state index is 0.0186. The summed E-state index contributed by atoms with van der Waals surface area (Å²) in [5, 5.41) is 35.9. The van der Waals surface area contributed by atoms with Crippen molar-refractivity contribution in [2.45, 2.75) is 69.3 Å². The van der Waals surface area contributed by atoms with Crippen molar-refractivity contribution < 1.29 is 39.3 Å². The Kier molecular flexibility index (Phi) is 13.9. The third-order valence-corrected chi connectivity index (χ3v) is 5.66. The first-order valence-electron chi connectivity index (χ1n) is 12.4. The molecule has 0 radical (unpaired) electrons. The molecule has 0 aliphatic carbocycles. The maximum Gasteiger partial charge on any atom is 0.326 e. The number of carbonyl (C=O) groups excluding carboxylic acids is 4. The number of guanidine groups is 1. The number of phenolic OH excluding ortho intramolecular Hbond substituents is 1. The lowest BCUT2D eigenvalue weighted by atomic mass is 10.0. The molecule has 0 saturated carbocycles. The van der Waals surface area contributed by atoms with E-state index in [1.807, 2.05) is 0 Å². The zero-order valence-corrected chi connectivity index (χ0v) is 22.1. The highest BCUT2D eigenvalue weighted by atomic mass is 16.4. The van der Waals surface area contributed by atoms with Gasteiger partial charge in [0.15, 0.2) is 5.96 Å². The lowest BCUT2D eigenvalue weighted by Crippen LogP contribution is -2.60. The smallest absolute Gasteiger partial charge is 0.326 e. The highest BCUT2D eigenvalue weighted by molar-refractivity contribution is 5.94. The van der Waals surface area contributed by atoms with Gasteiger partial charge in [0.05, 0.1) is 12.1 Å². The lowest BCUT2D eigenvalue weighted by Gasteiger charge is -2.26. The van der Waals surface area contributed by atoms with Crippen LogP contribution in [-0.2, 0) is 30.4 Å². The van der Waals surface area contributed by atoms with Gasteiger partial charge in [-0.2, -0.15) is 0 Å². The normalized spacial score (nSPS) is 14.5. The van der Waals surface area contributed by atoms with Crippen LogP contribution < -0.4 is 38.9 Å². The maximum atomic E-state index is 13.1. The Labute approximate surface area is 230 Å². The Morgan fingerprint density at radius 2 is 1.50 bits per heavy atom. The van der Waals surface area contributed by atoms with Gasteiger partial charge < -0.3 is 54.2 Å². The first-order valence-corrected chi connectivity index (χ1v) is 12.4. The number of nitrogens with one attached hydrogen (secondary N) is 3. The number of carbonyl (C=O) groups is 5. The number of aliphatic hydroxyl groups excluding tert-OH is 1. The van der Waals surface area contributed by atoms with Crippen LogP contribution in [0.2, 0.25) is 0 Å². The van der Waals surface area contributed by atoms with Gasteiger partial charge in [0.2, 0.25) is 23.6 Å². The quantitative estimate of drug-likeness (QED) is 0.0501. The van der Waals surface area contributed by atoms with Crippen molar-refractivity contribution >= 4 is 35.6 Å². The zero-order valence-electron chi connectivity index (χ0n) is 22.1. The molecule has 14 N–H and O–H groups in total. The average molecular weight is 567 g/mol. The number of aliphatic carboxylic acids is 1. The van der Waals surface area contributed by atoms with Crippen LogP contribution in [0.4, 0.5) is 0 Å². The number of nitrogens with two attached hydrogens (primary N) is 4. The summed E-state index contributed by atoms with van der Waals surface area (Å²) < 4.78 is 0. The van der Waals surface area contributed by atoms with E-state index < -0.39 is 59.9 Å². The number of hydrogen-bond acceptors (Lipinski definition) is 9. The van der Waals surface area contributed by atoms with Gasteiger partial charge in [-0.25, -0.2) is 4.79 Å². The molecular formula is C24H38N8O8. The second kappa shape index (κ2) is 16.5. The summed E-state index contributed by atoms with van der Waals surface area (Å²) in [5.74, 6) is -4.93. The number of aromatic hydroxyl groups is 1. The molecule has 1 rings (SSSR count). The molecule has 1 aromatic carbocycles. The van der Waals surface area contributed by atoms with E-state index in [-0.39, 0.29) is 50.4 Å². The summed E-state index contributed by atoms with van der Waals surface area (Å²) in [6, 6.07) is 0.621. The second-order valence-electron chi connectivity index (χ2n) is 9.12. The van der Waals surface area contributed by atoms with E-state index in [4.69, 9.17) is 22.9 Å². The summed E-state index contributed by atoms with van der Waals surface area (Å²) in [4.78, 5) is 65.0. The molecule has 0 saturated heterocycles. The van der Waals surface area contributed by atoms with Crippen molar-refractivity contribution in [2.24, 2.45) is 27.9 Å². The van der Waals surface area contributed by atoms with Gasteiger partial charge in [-0.1, -0.05) is 12.1 Å². The van der Waals surface area contributed by atoms with Crippen molar-refractivity contribution in [1.29, 1.82) is 0 Å². The minimum Gasteiger partial charge on any atom is -0.508 e. The topological polar surface area (TPSA) is 299 Å². The van der Waals surface area contributed by atoms with Crippen LogP contribution in [0.3, 0.4) is 0 Å². The van der Waals surface area contributed by atoms with Crippen molar-refractivity contribution in [3.05, 3.63) is 29.8 Å². The molecule has 5 unspecified atom stereocenters. The van der Waals surface area contributed by atoms with Gasteiger partial charge in [0.1, 0.15) is 23.9 Å². The van der Waals surface area contributed by atoms with Gasteiger partial charge in [-0.15, -0.1) is 0 Å². The Morgan fingerprint density at radius 3 is 2.02 bits per heavy atom. The summed E-state index contributed by atoms with van der Waals surface area (Å²) >= 11 is 0. The predicted molar refractivity (Wildman–Crippen MR) is 143 cm³/mol. The van der Waals surface area contributed by atoms with Crippen LogP contribution >= 0.6 is 0 Å². The molecule has 4 amide bonds. The molecule has 0 aliphatic heterocycles. The predicted octanol–water partition coefficient (Wildman–Crippen LogP) is -3.50. The number of benzene rings is 1. The number of amides is 4. The number of aliphatic imine (C=N–C) groups is 1. The summed E-state index contributed by atoms with van der Waals surface area (Å²) in [5.41, 5.74) is 22.3. The van der Waals surface area contributed by atoms with Crippen LogP contribution in [0.25, 0.3) is 0 Å². The monoisotopic (exact) mass is 566 g/mol. The molecular weight excluding hydrogens is 528 g/mol. The van der Waals surface area contributed by atoms with E-state index >= 15 is 0 Å². The fourth-order valence-electron chi connectivity index (χ4n) is 3.49. The Bertz CT molecular complexity index is 1060. The molecule has 16 nitrogen and oxygen atoms in total. The molecule has 5 atom stereocenters. The number of aliphatic hydroxyl groups is 1. The molecule has 0 spiro atoms. The number of hydrogen-bond donors (Lipinski definition) is 10. The first-order chi connectivity index (χ1) is 18.7. The molecule has 16 heteroatoms. The number of carboxylic acid groups (broad SMARTS) is 1. The van der Waals surface area contributed by atoms with Crippen molar-refractivity contribution in [2.75, 3.05) is 6.54 Å². The van der Waals surface area contributed by atoms with Crippen LogP contribution in [-0.4, -0.2) is 87.7 Å². The Balaban J connectivity index is 3.00. The van der Waals surface area contributed by atoms with E-state index in [2.05, 4.69) is 20.9 Å². The molecule has 0 heterocycles. The number of carboxylic acids is 1. The standard InChI is InChI=1S/C24H38N8O8/c1-12(33)19(22(38)31-17(23(39)40)8-9-18(26)35)32-21(37)16(3-2-10-29-24(27)28)30-20(36)15(25)11-13-4-6-14(34)7-5-13/h4-7,12,15-17,19,33-34H,2-3,8-11,25H2,1H3,(H2,26,35)(H,30,36)(H,31,38)(H,32,37)(H,39,40)(H4,27,28,29). The van der Waals surface area contributed by atoms with E-state index in [1.54, 1.807) is 12.1 Å². The molecule has 222 valence electrons. The highest BCUT2D eigenvalue weighted by Gasteiger charge is 2.32. The SMILES string of the molecule is CC(O)C(NC(=O)C(CCCN=C(N)N)NC(=O)C(N)Cc1ccc(O)cc1)C(=O)NC(CCC(N)=O)C(=O)O. The molecule has 0 fully saturated rings. The van der Waals surface area contributed by atoms with Gasteiger partial charge >= 0.3 is 5.97 Å². The molecule has 1 aromatic rings. The third-order valence-electron chi connectivity index (χ3n) is 5.66. The maximum absolute atomic E-state index is 13.1. The molecule has 0 aromatic heterocycles. The molecule has 40 heavy (non-hydrogen) atoms. The van der Waals surface area contributed by atoms with E-state index in [1.165, 1.54) is 19.1 Å². The number of nitrogens with zero attached hydrogens (tertiary/aromatic N) is 1. The van der Waals surface area contributed by atoms with Gasteiger partial charge in [-0.05, 0) is 50.3 Å². The van der Waals surface area contributed by atoms with Gasteiger partial charge in [-0.3, -0.25) is 24.2 Å². The second-order valence-corrected chi connectivity index (χ2v) is 9.12. The Morgan fingerprint density at radius 1 is 0.900 bits per heavy atom. The van der Waals surface area contributed by atoms with Gasteiger partial charge in [0, 0.05) is 13.0 Å². The van der Waals surface area contributed by atoms with E-state index in [9.17, 15) is 39.3 Å². The van der Waals surface area contributed by atoms with E-state index in [0.717, 1.165) is 0 Å². The zero-order chi connectivity index (χ0) is 30.4. The van der Waals surface area contributed by atoms with E-state index in [0.29, 0.717) is 5.56 Å². The third kappa shape index (κ3) is 12.4. The summed E-state index contributed by atoms with van der Waals surface area (Å²) in [6.07, 6.45) is -1.75. The molecule has 0 aliphatic rings. The fourth-order valence-corrected chi connectivity index (χ4v) is 3.49. The fraction of sp³-hybridized carbons (Fsp3) is 0.500. The minimum atomic E-state index is -1.61. The van der Waals surface area contributed by atoms with Crippen LogP contribution in [0.15, 0.2) is 29.3 Å². The van der Waals surface area contributed by atoms with Crippen LogP contribution in [0.1, 0.15) is 38.2 Å². The summed E-state index contributed by atoms with van der Waals surface area (Å²) in [7, 11) is 0. The average Bonchev–Trinajstić information content (AvgIpc) is 2.86. The largest absolute Gasteiger partial charge is 0.508 e. The van der Waals surface area contributed by atoms with Gasteiger partial charge in [0.25, 0.3) is 0 Å². The van der Waals surface area contributed by atoms with Crippen LogP contribution in [0.5, 0.6) is 5.75 Å². The van der Waals surface area contributed by atoms with Crippen molar-refractivity contribution in [3.8, 4) is 5.75 Å². The van der Waals surface area contributed by atoms with Crippen molar-refractivity contribution in [3.63, 3.8) is 0 Å². The number of phenols is 1.